The molecule has 3 aliphatic rings. The van der Waals surface area contributed by atoms with Crippen LogP contribution in [-0.4, -0.2) is 65.2 Å². The number of aliphatic hydroxyl groups excluding tert-OH is 1. The van der Waals surface area contributed by atoms with Crippen LogP contribution in [-0.2, 0) is 19.1 Å². The van der Waals surface area contributed by atoms with Crippen LogP contribution >= 0.6 is 11.6 Å². The number of fused-ring (bicyclic) bond motifs is 1. The fourth-order valence-electron chi connectivity index (χ4n) is 6.01. The Morgan fingerprint density at radius 2 is 1.85 bits per heavy atom. The summed E-state index contributed by atoms with van der Waals surface area (Å²) in [4.78, 5) is 41.8. The van der Waals surface area contributed by atoms with E-state index in [4.69, 9.17) is 21.4 Å². The standard InChI is InChI=1S/C24H32ClN3O5/c1-23-11-12-24(33-23)18(17(23)20(30)26-2)22(32)28(13-5-3-4-6-14-29)19(24)21(31)27-16-9-7-15(25)8-10-16/h7-10,17-19,29H,3-6,11-14H2,1-2H3,(H,26,30)(H,27,31)/t17-,18+,19?,23+,24?/m1/s1. The molecule has 3 amide bonds. The van der Waals surface area contributed by atoms with Gasteiger partial charge in [0, 0.05) is 30.9 Å². The summed E-state index contributed by atoms with van der Waals surface area (Å²) >= 11 is 5.97. The van der Waals surface area contributed by atoms with E-state index in [-0.39, 0.29) is 24.3 Å². The van der Waals surface area contributed by atoms with Crippen LogP contribution in [0.15, 0.2) is 24.3 Å². The number of amides is 3. The Balaban J connectivity index is 1.64. The summed E-state index contributed by atoms with van der Waals surface area (Å²) in [7, 11) is 1.56. The van der Waals surface area contributed by atoms with Gasteiger partial charge in [-0.2, -0.15) is 0 Å². The number of nitrogens with zero attached hydrogens (tertiary/aromatic N) is 1. The number of hydrogen-bond donors (Lipinski definition) is 3. The van der Waals surface area contributed by atoms with Crippen molar-refractivity contribution in [1.82, 2.24) is 10.2 Å². The minimum atomic E-state index is -1.02. The summed E-state index contributed by atoms with van der Waals surface area (Å²) in [5, 5.41) is 15.2. The van der Waals surface area contributed by atoms with Crippen LogP contribution in [0.3, 0.4) is 0 Å². The zero-order valence-corrected chi connectivity index (χ0v) is 19.9. The first-order chi connectivity index (χ1) is 15.8. The Hall–Kier alpha value is -2.16. The Bertz CT molecular complexity index is 925. The highest BCUT2D eigenvalue weighted by Crippen LogP contribution is 2.63. The van der Waals surface area contributed by atoms with Gasteiger partial charge in [-0.3, -0.25) is 14.4 Å². The first kappa shape index (κ1) is 24.0. The van der Waals surface area contributed by atoms with Gasteiger partial charge in [0.15, 0.2) is 0 Å². The minimum Gasteiger partial charge on any atom is -0.396 e. The average Bonchev–Trinajstić information content (AvgIpc) is 3.35. The molecule has 180 valence electrons. The van der Waals surface area contributed by atoms with Crippen LogP contribution in [0.1, 0.15) is 45.4 Å². The zero-order valence-electron chi connectivity index (χ0n) is 19.1. The second kappa shape index (κ2) is 9.24. The van der Waals surface area contributed by atoms with E-state index < -0.39 is 29.1 Å². The lowest BCUT2D eigenvalue weighted by Gasteiger charge is -2.33. The summed E-state index contributed by atoms with van der Waals surface area (Å²) < 4.78 is 6.50. The van der Waals surface area contributed by atoms with Crippen molar-refractivity contribution >= 4 is 35.0 Å². The van der Waals surface area contributed by atoms with Crippen molar-refractivity contribution in [3.63, 3.8) is 0 Å². The topological polar surface area (TPSA) is 108 Å². The molecule has 0 radical (unpaired) electrons. The molecular weight excluding hydrogens is 446 g/mol. The van der Waals surface area contributed by atoms with E-state index in [2.05, 4.69) is 10.6 Å². The zero-order chi connectivity index (χ0) is 23.8. The van der Waals surface area contributed by atoms with Crippen LogP contribution in [0, 0.1) is 11.8 Å². The van der Waals surface area contributed by atoms with Crippen molar-refractivity contribution in [2.75, 3.05) is 25.5 Å². The molecule has 0 aromatic heterocycles. The molecule has 3 saturated heterocycles. The third-order valence-electron chi connectivity index (χ3n) is 7.47. The smallest absolute Gasteiger partial charge is 0.250 e. The second-order valence-corrected chi connectivity index (χ2v) is 9.94. The Labute approximate surface area is 199 Å². The molecule has 3 heterocycles. The van der Waals surface area contributed by atoms with Crippen molar-refractivity contribution in [2.24, 2.45) is 11.8 Å². The number of benzene rings is 1. The van der Waals surface area contributed by atoms with Gasteiger partial charge in [-0.15, -0.1) is 0 Å². The number of carbonyl (C=O) groups is 3. The number of unbranched alkanes of at least 4 members (excludes halogenated alkanes) is 3. The van der Waals surface area contributed by atoms with Crippen LogP contribution in [0.25, 0.3) is 0 Å². The fourth-order valence-corrected chi connectivity index (χ4v) is 6.14. The third kappa shape index (κ3) is 4.02. The summed E-state index contributed by atoms with van der Waals surface area (Å²) in [5.74, 6) is -2.04. The maximum Gasteiger partial charge on any atom is 0.250 e. The lowest BCUT2D eigenvalue weighted by molar-refractivity contribution is -0.144. The van der Waals surface area contributed by atoms with Gasteiger partial charge in [0.25, 0.3) is 0 Å². The number of halogens is 1. The van der Waals surface area contributed by atoms with Gasteiger partial charge in [0.1, 0.15) is 11.6 Å². The number of nitrogens with one attached hydrogen (secondary N) is 2. The lowest BCUT2D eigenvalue weighted by atomic mass is 9.66. The molecule has 33 heavy (non-hydrogen) atoms. The minimum absolute atomic E-state index is 0.139. The molecule has 2 unspecified atom stereocenters. The molecule has 0 saturated carbocycles. The quantitative estimate of drug-likeness (QED) is 0.473. The van der Waals surface area contributed by atoms with Crippen LogP contribution in [0.5, 0.6) is 0 Å². The normalized spacial score (nSPS) is 32.2. The van der Waals surface area contributed by atoms with E-state index >= 15 is 0 Å². The summed E-state index contributed by atoms with van der Waals surface area (Å²) in [6.07, 6.45) is 4.27. The largest absolute Gasteiger partial charge is 0.396 e. The summed E-state index contributed by atoms with van der Waals surface area (Å²) in [6, 6.07) is 5.99. The van der Waals surface area contributed by atoms with Crippen molar-refractivity contribution in [3.05, 3.63) is 29.3 Å². The van der Waals surface area contributed by atoms with Crippen molar-refractivity contribution < 1.29 is 24.2 Å². The molecule has 0 aliphatic carbocycles. The highest BCUT2D eigenvalue weighted by Gasteiger charge is 2.77. The molecule has 1 spiro atoms. The second-order valence-electron chi connectivity index (χ2n) is 9.51. The van der Waals surface area contributed by atoms with Crippen LogP contribution < -0.4 is 10.6 Å². The van der Waals surface area contributed by atoms with Crippen LogP contribution in [0.4, 0.5) is 5.69 Å². The Kier molecular flexibility index (Phi) is 6.71. The predicted octanol–water partition coefficient (Wildman–Crippen LogP) is 2.34. The van der Waals surface area contributed by atoms with E-state index in [0.29, 0.717) is 42.9 Å². The van der Waals surface area contributed by atoms with Gasteiger partial charge in [0.2, 0.25) is 17.7 Å². The van der Waals surface area contributed by atoms with Crippen molar-refractivity contribution in [1.29, 1.82) is 0 Å². The maximum atomic E-state index is 13.7. The van der Waals surface area contributed by atoms with E-state index in [1.807, 2.05) is 6.92 Å². The highest BCUT2D eigenvalue weighted by molar-refractivity contribution is 6.30. The van der Waals surface area contributed by atoms with Crippen molar-refractivity contribution in [3.8, 4) is 0 Å². The van der Waals surface area contributed by atoms with Gasteiger partial charge >= 0.3 is 0 Å². The molecule has 9 heteroatoms. The van der Waals surface area contributed by atoms with Gasteiger partial charge in [-0.05, 0) is 56.9 Å². The molecule has 4 rings (SSSR count). The number of aliphatic hydroxyl groups is 1. The summed E-state index contributed by atoms with van der Waals surface area (Å²) in [6.45, 7) is 2.42. The molecular formula is C24H32ClN3O5. The fraction of sp³-hybridized carbons (Fsp3) is 0.625. The van der Waals surface area contributed by atoms with Crippen molar-refractivity contribution in [2.45, 2.75) is 62.7 Å². The van der Waals surface area contributed by atoms with Gasteiger partial charge in [-0.1, -0.05) is 24.4 Å². The number of likely N-dealkylation sites (tertiary alicyclic amines) is 1. The van der Waals surface area contributed by atoms with E-state index in [1.54, 1.807) is 36.2 Å². The molecule has 1 aromatic rings. The molecule has 3 aliphatic heterocycles. The average molecular weight is 478 g/mol. The Morgan fingerprint density at radius 3 is 2.52 bits per heavy atom. The first-order valence-electron chi connectivity index (χ1n) is 11.7. The molecule has 5 atom stereocenters. The molecule has 3 N–H and O–H groups in total. The molecule has 3 fully saturated rings. The number of carbonyl (C=O) groups excluding carboxylic acids is 3. The Morgan fingerprint density at radius 1 is 1.15 bits per heavy atom. The number of ether oxygens (including phenoxy) is 1. The predicted molar refractivity (Wildman–Crippen MR) is 124 cm³/mol. The maximum absolute atomic E-state index is 13.7. The molecule has 1 aromatic carbocycles. The van der Waals surface area contributed by atoms with E-state index in [1.165, 1.54) is 0 Å². The van der Waals surface area contributed by atoms with Gasteiger partial charge < -0.3 is 25.4 Å². The lowest BCUT2D eigenvalue weighted by Crippen LogP contribution is -2.53. The monoisotopic (exact) mass is 477 g/mol. The molecule has 8 nitrogen and oxygen atoms in total. The summed E-state index contributed by atoms with van der Waals surface area (Å²) in [5.41, 5.74) is -1.21. The number of hydrogen-bond acceptors (Lipinski definition) is 5. The van der Waals surface area contributed by atoms with Gasteiger partial charge in [-0.25, -0.2) is 0 Å². The highest BCUT2D eigenvalue weighted by atomic mass is 35.5. The molecule has 2 bridgehead atoms. The van der Waals surface area contributed by atoms with Gasteiger partial charge in [0.05, 0.1) is 17.4 Å². The SMILES string of the molecule is CNC(=O)[C@H]1[C@H]2C(=O)N(CCCCCCO)C(C(=O)Nc3ccc(Cl)cc3)C23CC[C@]1(C)O3. The van der Waals surface area contributed by atoms with E-state index in [0.717, 1.165) is 12.8 Å². The third-order valence-corrected chi connectivity index (χ3v) is 7.72. The number of anilines is 1. The first-order valence-corrected chi connectivity index (χ1v) is 12.0. The van der Waals surface area contributed by atoms with E-state index in [9.17, 15) is 14.4 Å². The number of rotatable bonds is 9. The van der Waals surface area contributed by atoms with Crippen LogP contribution in [0.2, 0.25) is 5.02 Å².